The van der Waals surface area contributed by atoms with Crippen molar-refractivity contribution >= 4 is 27.5 Å². The molecule has 3 aromatic carbocycles. The summed E-state index contributed by atoms with van der Waals surface area (Å²) in [5.74, 6) is 2.54. The lowest BCUT2D eigenvalue weighted by Gasteiger charge is -2.20. The number of benzene rings is 3. The number of nitrogens with zero attached hydrogens (tertiary/aromatic N) is 4. The van der Waals surface area contributed by atoms with Gasteiger partial charge in [-0.15, -0.1) is 0 Å². The lowest BCUT2D eigenvalue weighted by Crippen LogP contribution is -2.21. The number of pyridine rings is 1. The van der Waals surface area contributed by atoms with Crippen molar-refractivity contribution in [3.8, 4) is 17.3 Å². The van der Waals surface area contributed by atoms with Crippen LogP contribution in [0.1, 0.15) is 11.1 Å². The van der Waals surface area contributed by atoms with Gasteiger partial charge in [-0.05, 0) is 67.4 Å². The molecule has 0 aliphatic carbocycles. The minimum atomic E-state index is 0.801. The van der Waals surface area contributed by atoms with Gasteiger partial charge in [-0.3, -0.25) is 4.57 Å². The molecule has 5 aromatic rings. The van der Waals surface area contributed by atoms with Gasteiger partial charge >= 0.3 is 0 Å². The Kier molecular flexibility index (Phi) is 4.77. The average Bonchev–Trinajstić information content (AvgIpc) is 3.40. The molecule has 0 atom stereocenters. The number of fused-ring (bicyclic) bond motifs is 3. The van der Waals surface area contributed by atoms with Crippen LogP contribution in [0, 0.1) is 13.8 Å². The van der Waals surface area contributed by atoms with Crippen LogP contribution in [0.3, 0.4) is 0 Å². The molecule has 0 unspecified atom stereocenters. The summed E-state index contributed by atoms with van der Waals surface area (Å²) in [4.78, 5) is 9.04. The van der Waals surface area contributed by atoms with Crippen molar-refractivity contribution in [3.63, 3.8) is 0 Å². The summed E-state index contributed by atoms with van der Waals surface area (Å²) in [7, 11) is 2.07. The Morgan fingerprint density at radius 3 is 2.44 bits per heavy atom. The minimum Gasteiger partial charge on any atom is -0.457 e. The van der Waals surface area contributed by atoms with E-state index >= 15 is 0 Å². The highest BCUT2D eigenvalue weighted by Crippen LogP contribution is 2.36. The van der Waals surface area contributed by atoms with E-state index in [0.29, 0.717) is 0 Å². The quantitative estimate of drug-likeness (QED) is 0.305. The summed E-state index contributed by atoms with van der Waals surface area (Å²) in [5.41, 5.74) is 5.67. The number of aryl methyl sites for hydroxylation is 2. The van der Waals surface area contributed by atoms with Gasteiger partial charge in [0.15, 0.2) is 0 Å². The molecule has 0 N–H and O–H groups in total. The fourth-order valence-electron chi connectivity index (χ4n) is 4.69. The van der Waals surface area contributed by atoms with Crippen LogP contribution >= 0.6 is 0 Å². The molecule has 5 nitrogen and oxygen atoms in total. The third-order valence-electron chi connectivity index (χ3n) is 6.25. The number of ether oxygens (including phenoxy) is 1. The highest BCUT2D eigenvalue weighted by atomic mass is 16.5. The molecular formula is C29H26N4O. The number of rotatable bonds is 4. The van der Waals surface area contributed by atoms with Gasteiger partial charge in [-0.2, -0.15) is 0 Å². The number of aromatic nitrogens is 2. The lowest BCUT2D eigenvalue weighted by molar-refractivity contribution is 0.481. The molecule has 6 rings (SSSR count). The number of hydrogen-bond donors (Lipinski definition) is 0. The minimum absolute atomic E-state index is 0.801. The van der Waals surface area contributed by atoms with E-state index in [1.807, 2.05) is 18.3 Å². The third-order valence-corrected chi connectivity index (χ3v) is 6.25. The fraction of sp³-hybridized carbons (Fsp3) is 0.138. The molecule has 0 bridgehead atoms. The Balaban J connectivity index is 1.45. The van der Waals surface area contributed by atoms with Crippen LogP contribution in [0.4, 0.5) is 5.69 Å². The molecule has 2 aromatic heterocycles. The Bertz CT molecular complexity index is 1570. The molecule has 0 saturated carbocycles. The van der Waals surface area contributed by atoms with Gasteiger partial charge in [0.1, 0.15) is 17.3 Å². The molecular weight excluding hydrogens is 420 g/mol. The van der Waals surface area contributed by atoms with Gasteiger partial charge in [-0.25, -0.2) is 4.98 Å². The summed E-state index contributed by atoms with van der Waals surface area (Å²) < 4.78 is 8.63. The first-order chi connectivity index (χ1) is 16.5. The van der Waals surface area contributed by atoms with Crippen molar-refractivity contribution in [2.24, 2.45) is 0 Å². The van der Waals surface area contributed by atoms with Crippen molar-refractivity contribution in [3.05, 3.63) is 103 Å². The Morgan fingerprint density at radius 1 is 0.765 bits per heavy atom. The first kappa shape index (κ1) is 20.4. The number of anilines is 1. The van der Waals surface area contributed by atoms with Gasteiger partial charge in [0.2, 0.25) is 0 Å². The van der Waals surface area contributed by atoms with Gasteiger partial charge in [0.25, 0.3) is 0 Å². The summed E-state index contributed by atoms with van der Waals surface area (Å²) >= 11 is 0. The van der Waals surface area contributed by atoms with Crippen LogP contribution in [0.2, 0.25) is 0 Å². The highest BCUT2D eigenvalue weighted by molar-refractivity contribution is 6.09. The standard InChI is InChI=1S/C29H26N4O/c1-20-10-11-30-29(16-20)33-27-7-5-4-6-25(27)26-9-8-23(18-28(26)33)34-24-15-21(2)14-22(17-24)32-13-12-31(3)19-32/h4-18H,19H2,1-3H3. The second-order valence-electron chi connectivity index (χ2n) is 9.00. The summed E-state index contributed by atoms with van der Waals surface area (Å²) in [6, 6.07) is 25.3. The second-order valence-corrected chi connectivity index (χ2v) is 9.00. The summed E-state index contributed by atoms with van der Waals surface area (Å²) in [6.45, 7) is 5.03. The van der Waals surface area contributed by atoms with E-state index in [1.54, 1.807) is 0 Å². The molecule has 168 valence electrons. The highest BCUT2D eigenvalue weighted by Gasteiger charge is 2.15. The normalized spacial score (nSPS) is 13.4. The van der Waals surface area contributed by atoms with E-state index in [-0.39, 0.29) is 0 Å². The van der Waals surface area contributed by atoms with Crippen molar-refractivity contribution in [2.75, 3.05) is 18.6 Å². The first-order valence-electron chi connectivity index (χ1n) is 11.5. The van der Waals surface area contributed by atoms with Crippen LogP contribution in [0.5, 0.6) is 11.5 Å². The van der Waals surface area contributed by atoms with E-state index in [0.717, 1.165) is 46.3 Å². The predicted molar refractivity (Wildman–Crippen MR) is 139 cm³/mol. The predicted octanol–water partition coefficient (Wildman–Crippen LogP) is 6.77. The van der Waals surface area contributed by atoms with Crippen molar-refractivity contribution < 1.29 is 4.74 Å². The Labute approximate surface area is 199 Å². The smallest absolute Gasteiger partial charge is 0.137 e. The molecule has 0 radical (unpaired) electrons. The monoisotopic (exact) mass is 446 g/mol. The maximum Gasteiger partial charge on any atom is 0.137 e. The zero-order valence-electron chi connectivity index (χ0n) is 19.6. The maximum absolute atomic E-state index is 6.41. The van der Waals surface area contributed by atoms with Crippen LogP contribution in [-0.4, -0.2) is 28.2 Å². The van der Waals surface area contributed by atoms with E-state index in [2.05, 4.69) is 113 Å². The van der Waals surface area contributed by atoms with Crippen LogP contribution in [-0.2, 0) is 0 Å². The van der Waals surface area contributed by atoms with E-state index in [1.165, 1.54) is 16.3 Å². The average molecular weight is 447 g/mol. The van der Waals surface area contributed by atoms with Crippen LogP contribution in [0.15, 0.2) is 91.4 Å². The first-order valence-corrected chi connectivity index (χ1v) is 11.5. The summed E-state index contributed by atoms with van der Waals surface area (Å²) in [5, 5.41) is 2.39. The Morgan fingerprint density at radius 2 is 1.62 bits per heavy atom. The molecule has 0 saturated heterocycles. The van der Waals surface area contributed by atoms with Crippen molar-refractivity contribution in [1.82, 2.24) is 14.5 Å². The van der Waals surface area contributed by atoms with Crippen molar-refractivity contribution in [1.29, 1.82) is 0 Å². The van der Waals surface area contributed by atoms with Crippen LogP contribution < -0.4 is 9.64 Å². The van der Waals surface area contributed by atoms with Gasteiger partial charge in [0, 0.05) is 54.2 Å². The number of para-hydroxylation sites is 1. The number of hydrogen-bond acceptors (Lipinski definition) is 4. The fourth-order valence-corrected chi connectivity index (χ4v) is 4.69. The molecule has 5 heteroatoms. The second kappa shape index (κ2) is 7.96. The zero-order valence-corrected chi connectivity index (χ0v) is 19.6. The summed E-state index contributed by atoms with van der Waals surface area (Å²) in [6.07, 6.45) is 6.04. The molecule has 1 aliphatic heterocycles. The SMILES string of the molecule is Cc1cc(Oc2ccc3c4ccccc4n(-c4cc(C)ccn4)c3c2)cc(N2C=CN(C)C2)c1. The van der Waals surface area contributed by atoms with Gasteiger partial charge in [-0.1, -0.05) is 18.2 Å². The topological polar surface area (TPSA) is 33.5 Å². The molecule has 0 amide bonds. The van der Waals surface area contributed by atoms with E-state index < -0.39 is 0 Å². The molecule has 0 spiro atoms. The van der Waals surface area contributed by atoms with Crippen molar-refractivity contribution in [2.45, 2.75) is 13.8 Å². The largest absolute Gasteiger partial charge is 0.457 e. The molecule has 1 aliphatic rings. The zero-order chi connectivity index (χ0) is 23.2. The van der Waals surface area contributed by atoms with E-state index in [9.17, 15) is 0 Å². The lowest BCUT2D eigenvalue weighted by atomic mass is 10.1. The Hall–Kier alpha value is -4.25. The van der Waals surface area contributed by atoms with E-state index in [4.69, 9.17) is 4.74 Å². The molecule has 3 heterocycles. The van der Waals surface area contributed by atoms with Crippen LogP contribution in [0.25, 0.3) is 27.6 Å². The molecule has 34 heavy (non-hydrogen) atoms. The third kappa shape index (κ3) is 3.55. The molecule has 0 fully saturated rings. The maximum atomic E-state index is 6.41. The van der Waals surface area contributed by atoms with Gasteiger partial charge < -0.3 is 14.5 Å². The van der Waals surface area contributed by atoms with Gasteiger partial charge in [0.05, 0.1) is 17.7 Å².